The number of piperidine rings is 1. The van der Waals surface area contributed by atoms with E-state index in [0.29, 0.717) is 28.8 Å². The average molecular weight is 398 g/mol. The molecule has 1 aliphatic heterocycles. The van der Waals surface area contributed by atoms with E-state index in [1.807, 2.05) is 11.8 Å². The Hall–Kier alpha value is -2.43. The lowest BCUT2D eigenvalue weighted by molar-refractivity contribution is -0.141. The molecule has 1 saturated heterocycles. The van der Waals surface area contributed by atoms with Gasteiger partial charge in [-0.25, -0.2) is 4.98 Å². The summed E-state index contributed by atoms with van der Waals surface area (Å²) in [7, 11) is 0. The molecule has 7 nitrogen and oxygen atoms in total. The summed E-state index contributed by atoms with van der Waals surface area (Å²) in [6.07, 6.45) is -0.889. The Bertz CT molecular complexity index is 1020. The topological polar surface area (TPSA) is 68.3 Å². The van der Waals surface area contributed by atoms with Crippen LogP contribution in [0.25, 0.3) is 4.96 Å². The van der Waals surface area contributed by atoms with E-state index in [1.165, 1.54) is 32.8 Å². The number of alkyl halides is 3. The van der Waals surface area contributed by atoms with Gasteiger partial charge in [0, 0.05) is 31.0 Å². The molecule has 0 N–H and O–H groups in total. The zero-order chi connectivity index (χ0) is 19.2. The summed E-state index contributed by atoms with van der Waals surface area (Å²) in [4.78, 5) is 19.1. The van der Waals surface area contributed by atoms with Crippen molar-refractivity contribution in [2.45, 2.75) is 38.4 Å². The molecule has 1 unspecified atom stereocenters. The van der Waals surface area contributed by atoms with Gasteiger partial charge in [-0.05, 0) is 25.3 Å². The SMILES string of the molecule is CCc1cc(=O)n2nc(N3CCCC(n4ccc(C(F)(F)F)n4)C3)sc2n1. The van der Waals surface area contributed by atoms with Crippen LogP contribution in [0.2, 0.25) is 0 Å². The highest BCUT2D eigenvalue weighted by Crippen LogP contribution is 2.31. The fourth-order valence-electron chi connectivity index (χ4n) is 3.19. The van der Waals surface area contributed by atoms with E-state index in [0.717, 1.165) is 25.5 Å². The lowest BCUT2D eigenvalue weighted by atomic mass is 10.1. The van der Waals surface area contributed by atoms with Crippen molar-refractivity contribution in [3.8, 4) is 0 Å². The molecule has 0 saturated carbocycles. The van der Waals surface area contributed by atoms with Crippen LogP contribution in [-0.2, 0) is 12.6 Å². The van der Waals surface area contributed by atoms with Gasteiger partial charge in [-0.3, -0.25) is 9.48 Å². The molecule has 11 heteroatoms. The first-order chi connectivity index (χ1) is 12.8. The Labute approximate surface area is 156 Å². The largest absolute Gasteiger partial charge is 0.435 e. The second-order valence-electron chi connectivity index (χ2n) is 6.44. The van der Waals surface area contributed by atoms with E-state index in [9.17, 15) is 18.0 Å². The number of aryl methyl sites for hydroxylation is 1. The number of anilines is 1. The number of halogens is 3. The summed E-state index contributed by atoms with van der Waals surface area (Å²) in [5, 5.41) is 8.69. The maximum absolute atomic E-state index is 12.8. The van der Waals surface area contributed by atoms with Gasteiger partial charge in [-0.15, -0.1) is 5.10 Å². The summed E-state index contributed by atoms with van der Waals surface area (Å²) in [5.41, 5.74) is -0.403. The Morgan fingerprint density at radius 3 is 2.85 bits per heavy atom. The molecule has 4 rings (SSSR count). The van der Waals surface area contributed by atoms with Crippen LogP contribution < -0.4 is 10.5 Å². The van der Waals surface area contributed by atoms with Gasteiger partial charge >= 0.3 is 6.18 Å². The second-order valence-corrected chi connectivity index (χ2v) is 7.37. The molecular formula is C16H17F3N6OS. The van der Waals surface area contributed by atoms with Crippen molar-refractivity contribution in [1.29, 1.82) is 0 Å². The van der Waals surface area contributed by atoms with Crippen LogP contribution >= 0.6 is 11.3 Å². The molecule has 0 aromatic carbocycles. The second kappa shape index (κ2) is 6.63. The van der Waals surface area contributed by atoms with Crippen molar-refractivity contribution in [2.75, 3.05) is 18.0 Å². The molecule has 144 valence electrons. The zero-order valence-electron chi connectivity index (χ0n) is 14.5. The van der Waals surface area contributed by atoms with Crippen molar-refractivity contribution >= 4 is 21.4 Å². The number of fused-ring (bicyclic) bond motifs is 1. The molecule has 0 amide bonds. The minimum atomic E-state index is -4.45. The van der Waals surface area contributed by atoms with Crippen LogP contribution in [0, 0.1) is 0 Å². The number of rotatable bonds is 3. The Morgan fingerprint density at radius 2 is 2.15 bits per heavy atom. The number of hydrogen-bond donors (Lipinski definition) is 0. The molecule has 1 atom stereocenters. The lowest BCUT2D eigenvalue weighted by Gasteiger charge is -2.32. The summed E-state index contributed by atoms with van der Waals surface area (Å²) in [5.74, 6) is 0. The molecule has 1 aliphatic rings. The smallest absolute Gasteiger partial charge is 0.345 e. The van der Waals surface area contributed by atoms with Crippen LogP contribution in [0.15, 0.2) is 23.1 Å². The standard InChI is InChI=1S/C16H17F3N6OS/c1-2-10-8-13(26)25-14(20-10)27-15(22-25)23-6-3-4-11(9-23)24-7-5-12(21-24)16(17,18)19/h5,7-8,11H,2-4,6,9H2,1H3. The fraction of sp³-hybridized carbons (Fsp3) is 0.500. The van der Waals surface area contributed by atoms with Crippen molar-refractivity contribution in [1.82, 2.24) is 24.4 Å². The maximum Gasteiger partial charge on any atom is 0.435 e. The molecule has 3 aromatic rings. The van der Waals surface area contributed by atoms with E-state index in [-0.39, 0.29) is 11.6 Å². The number of nitrogens with zero attached hydrogens (tertiary/aromatic N) is 6. The van der Waals surface area contributed by atoms with Gasteiger partial charge < -0.3 is 4.90 Å². The van der Waals surface area contributed by atoms with Gasteiger partial charge in [0.25, 0.3) is 5.56 Å². The summed E-state index contributed by atoms with van der Waals surface area (Å²) < 4.78 is 41.0. The molecule has 0 radical (unpaired) electrons. The third-order valence-corrected chi connectivity index (χ3v) is 5.56. The van der Waals surface area contributed by atoms with Gasteiger partial charge in [-0.1, -0.05) is 18.3 Å². The minimum Gasteiger partial charge on any atom is -0.345 e. The first-order valence-corrected chi connectivity index (χ1v) is 9.44. The van der Waals surface area contributed by atoms with E-state index in [4.69, 9.17) is 0 Å². The first-order valence-electron chi connectivity index (χ1n) is 8.62. The Morgan fingerprint density at radius 1 is 1.33 bits per heavy atom. The minimum absolute atomic E-state index is 0.183. The van der Waals surface area contributed by atoms with Crippen LogP contribution in [0.4, 0.5) is 18.3 Å². The van der Waals surface area contributed by atoms with Gasteiger partial charge in [0.15, 0.2) is 5.69 Å². The van der Waals surface area contributed by atoms with Crippen LogP contribution in [0.1, 0.15) is 37.2 Å². The normalized spacial score (nSPS) is 18.4. The third kappa shape index (κ3) is 3.43. The van der Waals surface area contributed by atoms with Crippen molar-refractivity contribution in [2.24, 2.45) is 0 Å². The average Bonchev–Trinajstić information content (AvgIpc) is 3.29. The first kappa shape index (κ1) is 18.0. The van der Waals surface area contributed by atoms with Gasteiger partial charge in [0.1, 0.15) is 0 Å². The fourth-order valence-corrected chi connectivity index (χ4v) is 4.15. The van der Waals surface area contributed by atoms with Crippen LogP contribution in [0.5, 0.6) is 0 Å². The predicted octanol–water partition coefficient (Wildman–Crippen LogP) is 2.77. The maximum atomic E-state index is 12.8. The highest BCUT2D eigenvalue weighted by molar-refractivity contribution is 7.20. The molecule has 3 aromatic heterocycles. The van der Waals surface area contributed by atoms with E-state index in [1.54, 1.807) is 0 Å². The molecule has 1 fully saturated rings. The van der Waals surface area contributed by atoms with Gasteiger partial charge in [-0.2, -0.15) is 22.8 Å². The van der Waals surface area contributed by atoms with Crippen molar-refractivity contribution < 1.29 is 13.2 Å². The number of hydrogen-bond acceptors (Lipinski definition) is 6. The molecule has 0 bridgehead atoms. The lowest BCUT2D eigenvalue weighted by Crippen LogP contribution is -2.37. The van der Waals surface area contributed by atoms with Crippen molar-refractivity contribution in [3.05, 3.63) is 40.1 Å². The predicted molar refractivity (Wildman–Crippen MR) is 94.2 cm³/mol. The van der Waals surface area contributed by atoms with Crippen LogP contribution in [0.3, 0.4) is 0 Å². The summed E-state index contributed by atoms with van der Waals surface area (Å²) >= 11 is 1.31. The molecular weight excluding hydrogens is 381 g/mol. The molecule has 27 heavy (non-hydrogen) atoms. The third-order valence-electron chi connectivity index (χ3n) is 4.59. The van der Waals surface area contributed by atoms with E-state index < -0.39 is 11.9 Å². The molecule has 4 heterocycles. The summed E-state index contributed by atoms with van der Waals surface area (Å²) in [6.45, 7) is 3.13. The number of aromatic nitrogens is 5. The van der Waals surface area contributed by atoms with Gasteiger partial charge in [0.2, 0.25) is 10.1 Å². The highest BCUT2D eigenvalue weighted by Gasteiger charge is 2.34. The van der Waals surface area contributed by atoms with E-state index in [2.05, 4.69) is 15.2 Å². The Kier molecular flexibility index (Phi) is 4.41. The van der Waals surface area contributed by atoms with Crippen LogP contribution in [-0.4, -0.2) is 37.5 Å². The van der Waals surface area contributed by atoms with Crippen molar-refractivity contribution in [3.63, 3.8) is 0 Å². The highest BCUT2D eigenvalue weighted by atomic mass is 32.1. The van der Waals surface area contributed by atoms with Gasteiger partial charge in [0.05, 0.1) is 6.04 Å². The summed E-state index contributed by atoms with van der Waals surface area (Å²) in [6, 6.07) is 2.28. The molecule has 0 aliphatic carbocycles. The van der Waals surface area contributed by atoms with E-state index >= 15 is 0 Å². The monoisotopic (exact) mass is 398 g/mol. The Balaban J connectivity index is 1.60. The molecule has 0 spiro atoms. The zero-order valence-corrected chi connectivity index (χ0v) is 15.3. The quantitative estimate of drug-likeness (QED) is 0.679.